The predicted molar refractivity (Wildman–Crippen MR) is 56.1 cm³/mol. The highest BCUT2D eigenvalue weighted by atomic mass is 19.1. The van der Waals surface area contributed by atoms with Gasteiger partial charge in [-0.25, -0.2) is 4.39 Å². The summed E-state index contributed by atoms with van der Waals surface area (Å²) in [4.78, 5) is 11.3. The molecule has 0 aliphatic carbocycles. The Labute approximate surface area is 88.2 Å². The molecule has 1 aromatic carbocycles. The lowest BCUT2D eigenvalue weighted by atomic mass is 10.3. The zero-order valence-electron chi connectivity index (χ0n) is 8.79. The standard InChI is InChI=1S/C11H14FNO2/c1-8(2)15-7-11(14)13-10-5-3-4-9(12)6-10/h3-6,8H,7H2,1-2H3,(H,13,14). The van der Waals surface area contributed by atoms with Crippen LogP contribution in [0.25, 0.3) is 0 Å². The molecule has 3 nitrogen and oxygen atoms in total. The second-order valence-electron chi connectivity index (χ2n) is 3.42. The zero-order valence-corrected chi connectivity index (χ0v) is 8.79. The number of amides is 1. The number of carbonyl (C=O) groups is 1. The first-order valence-corrected chi connectivity index (χ1v) is 4.75. The number of hydrogen-bond donors (Lipinski definition) is 1. The molecule has 1 amide bonds. The van der Waals surface area contributed by atoms with Gasteiger partial charge in [-0.05, 0) is 32.0 Å². The first kappa shape index (κ1) is 11.7. The molecule has 0 bridgehead atoms. The molecule has 0 aliphatic rings. The van der Waals surface area contributed by atoms with Crippen LogP contribution in [0.4, 0.5) is 10.1 Å². The SMILES string of the molecule is CC(C)OCC(=O)Nc1cccc(F)c1. The minimum Gasteiger partial charge on any atom is -0.369 e. The molecule has 0 aliphatic heterocycles. The summed E-state index contributed by atoms with van der Waals surface area (Å²) in [6.07, 6.45) is 0.00302. The number of ether oxygens (including phenoxy) is 1. The third-order valence-corrected chi connectivity index (χ3v) is 1.66. The molecule has 4 heteroatoms. The summed E-state index contributed by atoms with van der Waals surface area (Å²) in [7, 11) is 0. The van der Waals surface area contributed by atoms with Gasteiger partial charge in [0.1, 0.15) is 12.4 Å². The van der Waals surface area contributed by atoms with E-state index in [1.807, 2.05) is 13.8 Å². The van der Waals surface area contributed by atoms with Crippen molar-refractivity contribution in [2.45, 2.75) is 20.0 Å². The highest BCUT2D eigenvalue weighted by Gasteiger charge is 2.04. The van der Waals surface area contributed by atoms with Crippen LogP contribution in [0.5, 0.6) is 0 Å². The summed E-state index contributed by atoms with van der Waals surface area (Å²) in [5.41, 5.74) is 0.437. The molecule has 82 valence electrons. The summed E-state index contributed by atoms with van der Waals surface area (Å²) in [5, 5.41) is 2.53. The maximum absolute atomic E-state index is 12.7. The van der Waals surface area contributed by atoms with Gasteiger partial charge in [-0.1, -0.05) is 6.07 Å². The average Bonchev–Trinajstić information content (AvgIpc) is 2.15. The fraction of sp³-hybridized carbons (Fsp3) is 0.364. The Morgan fingerprint density at radius 1 is 1.53 bits per heavy atom. The van der Waals surface area contributed by atoms with Crippen molar-refractivity contribution in [3.8, 4) is 0 Å². The summed E-state index contributed by atoms with van der Waals surface area (Å²) in [6.45, 7) is 3.67. The van der Waals surface area contributed by atoms with Crippen LogP contribution in [0.1, 0.15) is 13.8 Å². The van der Waals surface area contributed by atoms with Crippen molar-refractivity contribution in [3.63, 3.8) is 0 Å². The number of hydrogen-bond acceptors (Lipinski definition) is 2. The second kappa shape index (κ2) is 5.46. The second-order valence-corrected chi connectivity index (χ2v) is 3.42. The monoisotopic (exact) mass is 211 g/mol. The van der Waals surface area contributed by atoms with E-state index < -0.39 is 0 Å². The lowest BCUT2D eigenvalue weighted by Gasteiger charge is -2.08. The summed E-state index contributed by atoms with van der Waals surface area (Å²) >= 11 is 0. The van der Waals surface area contributed by atoms with Crippen LogP contribution in [0, 0.1) is 5.82 Å². The summed E-state index contributed by atoms with van der Waals surface area (Å²) < 4.78 is 17.8. The number of benzene rings is 1. The maximum atomic E-state index is 12.7. The van der Waals surface area contributed by atoms with Gasteiger partial charge in [-0.2, -0.15) is 0 Å². The van der Waals surface area contributed by atoms with Crippen molar-refractivity contribution < 1.29 is 13.9 Å². The van der Waals surface area contributed by atoms with Gasteiger partial charge in [-0.3, -0.25) is 4.79 Å². The third kappa shape index (κ3) is 4.56. The van der Waals surface area contributed by atoms with Crippen LogP contribution in [0.2, 0.25) is 0 Å². The first-order valence-electron chi connectivity index (χ1n) is 4.75. The number of anilines is 1. The van der Waals surface area contributed by atoms with Gasteiger partial charge < -0.3 is 10.1 Å². The largest absolute Gasteiger partial charge is 0.369 e. The van der Waals surface area contributed by atoms with Crippen LogP contribution in [0.15, 0.2) is 24.3 Å². The van der Waals surface area contributed by atoms with Gasteiger partial charge in [0.05, 0.1) is 6.10 Å². The summed E-state index contributed by atoms with van der Waals surface area (Å²) in [6, 6.07) is 5.73. The molecule has 15 heavy (non-hydrogen) atoms. The van der Waals surface area contributed by atoms with E-state index in [4.69, 9.17) is 4.74 Å². The minimum absolute atomic E-state index is 0.00302. The molecule has 0 saturated carbocycles. The Balaban J connectivity index is 2.44. The molecule has 0 saturated heterocycles. The fourth-order valence-corrected chi connectivity index (χ4v) is 1.01. The quantitative estimate of drug-likeness (QED) is 0.829. The van der Waals surface area contributed by atoms with Gasteiger partial charge in [0.15, 0.2) is 0 Å². The van der Waals surface area contributed by atoms with Crippen molar-refractivity contribution >= 4 is 11.6 Å². The van der Waals surface area contributed by atoms with Crippen molar-refractivity contribution in [2.24, 2.45) is 0 Å². The average molecular weight is 211 g/mol. The van der Waals surface area contributed by atoms with Crippen molar-refractivity contribution in [2.75, 3.05) is 11.9 Å². The van der Waals surface area contributed by atoms with E-state index >= 15 is 0 Å². The molecule has 0 radical (unpaired) electrons. The molecule has 0 fully saturated rings. The van der Waals surface area contributed by atoms with Crippen LogP contribution in [0.3, 0.4) is 0 Å². The molecule has 1 N–H and O–H groups in total. The van der Waals surface area contributed by atoms with Gasteiger partial charge in [0.2, 0.25) is 5.91 Å². The molecule has 0 aromatic heterocycles. The maximum Gasteiger partial charge on any atom is 0.250 e. The van der Waals surface area contributed by atoms with Crippen molar-refractivity contribution in [1.82, 2.24) is 0 Å². The van der Waals surface area contributed by atoms with E-state index in [0.717, 1.165) is 0 Å². The molecular formula is C11H14FNO2. The Hall–Kier alpha value is -1.42. The lowest BCUT2D eigenvalue weighted by Crippen LogP contribution is -2.20. The molecule has 0 spiro atoms. The topological polar surface area (TPSA) is 38.3 Å². The normalized spacial score (nSPS) is 10.4. The van der Waals surface area contributed by atoms with E-state index in [1.165, 1.54) is 18.2 Å². The van der Waals surface area contributed by atoms with Gasteiger partial charge in [-0.15, -0.1) is 0 Å². The van der Waals surface area contributed by atoms with E-state index in [0.29, 0.717) is 5.69 Å². The number of nitrogens with one attached hydrogen (secondary N) is 1. The van der Waals surface area contributed by atoms with Crippen molar-refractivity contribution in [1.29, 1.82) is 0 Å². The first-order chi connectivity index (χ1) is 7.08. The molecule has 0 heterocycles. The summed E-state index contributed by atoms with van der Waals surface area (Å²) in [5.74, 6) is -0.660. The zero-order chi connectivity index (χ0) is 11.3. The number of halogens is 1. The number of rotatable bonds is 4. The highest BCUT2D eigenvalue weighted by molar-refractivity contribution is 5.91. The third-order valence-electron chi connectivity index (χ3n) is 1.66. The molecule has 0 atom stereocenters. The van der Waals surface area contributed by atoms with Crippen LogP contribution >= 0.6 is 0 Å². The fourth-order valence-electron chi connectivity index (χ4n) is 1.01. The van der Waals surface area contributed by atoms with Gasteiger partial charge in [0.25, 0.3) is 0 Å². The van der Waals surface area contributed by atoms with E-state index in [1.54, 1.807) is 6.07 Å². The van der Waals surface area contributed by atoms with E-state index in [2.05, 4.69) is 5.32 Å². The molecule has 1 aromatic rings. The molecule has 0 unspecified atom stereocenters. The Kier molecular flexibility index (Phi) is 4.24. The van der Waals surface area contributed by atoms with Crippen molar-refractivity contribution in [3.05, 3.63) is 30.1 Å². The highest BCUT2D eigenvalue weighted by Crippen LogP contribution is 2.08. The Morgan fingerprint density at radius 3 is 2.87 bits per heavy atom. The molecular weight excluding hydrogens is 197 g/mol. The number of carbonyl (C=O) groups excluding carboxylic acids is 1. The van der Waals surface area contributed by atoms with E-state index in [-0.39, 0.29) is 24.4 Å². The van der Waals surface area contributed by atoms with Crippen LogP contribution < -0.4 is 5.32 Å². The van der Waals surface area contributed by atoms with Gasteiger partial charge in [0, 0.05) is 5.69 Å². The Morgan fingerprint density at radius 2 is 2.27 bits per heavy atom. The molecule has 1 rings (SSSR count). The minimum atomic E-state index is -0.377. The van der Waals surface area contributed by atoms with Crippen LogP contribution in [-0.4, -0.2) is 18.6 Å². The van der Waals surface area contributed by atoms with Gasteiger partial charge >= 0.3 is 0 Å². The lowest BCUT2D eigenvalue weighted by molar-refractivity contribution is -0.121. The smallest absolute Gasteiger partial charge is 0.250 e. The predicted octanol–water partition coefficient (Wildman–Crippen LogP) is 2.19. The van der Waals surface area contributed by atoms with Crippen LogP contribution in [-0.2, 0) is 9.53 Å². The van der Waals surface area contributed by atoms with E-state index in [9.17, 15) is 9.18 Å². The Bertz CT molecular complexity index is 339.